The van der Waals surface area contributed by atoms with Crippen LogP contribution in [0.3, 0.4) is 0 Å². The molecule has 6 nitrogen and oxygen atoms in total. The minimum atomic E-state index is -4.00. The fourth-order valence-electron chi connectivity index (χ4n) is 0.436. The number of hydrogen-bond donors (Lipinski definition) is 3. The van der Waals surface area contributed by atoms with Crippen LogP contribution in [0.15, 0.2) is 0 Å². The van der Waals surface area contributed by atoms with E-state index in [0.29, 0.717) is 0 Å². The Labute approximate surface area is 98.9 Å². The molecular weight excluding hydrogens is 211 g/mol. The van der Waals surface area contributed by atoms with Gasteiger partial charge < -0.3 is 14.9 Å². The summed E-state index contributed by atoms with van der Waals surface area (Å²) in [6.07, 6.45) is -1.01. The van der Waals surface area contributed by atoms with Gasteiger partial charge in [0.1, 0.15) is 6.10 Å². The molecule has 3 N–H and O–H groups in total. The number of aliphatic hydroxyl groups excluding tert-OH is 2. The van der Waals surface area contributed by atoms with Crippen LogP contribution in [0.2, 0.25) is 0 Å². The molecule has 0 aliphatic carbocycles. The van der Waals surface area contributed by atoms with Crippen molar-refractivity contribution in [1.82, 2.24) is 0 Å². The van der Waals surface area contributed by atoms with Crippen molar-refractivity contribution in [2.24, 2.45) is 0 Å². The van der Waals surface area contributed by atoms with Crippen LogP contribution in [-0.2, 0) is 14.9 Å². The molecular formula is C5H12NaO6S. The van der Waals surface area contributed by atoms with Gasteiger partial charge in [0.15, 0.2) is 0 Å². The molecule has 8 heteroatoms. The number of hydrogen-bond acceptors (Lipinski definition) is 5. The van der Waals surface area contributed by atoms with Gasteiger partial charge in [-0.05, 0) is 0 Å². The van der Waals surface area contributed by atoms with E-state index in [9.17, 15) is 8.42 Å². The van der Waals surface area contributed by atoms with Crippen LogP contribution >= 0.6 is 0 Å². The van der Waals surface area contributed by atoms with Gasteiger partial charge in [-0.3, -0.25) is 4.55 Å². The van der Waals surface area contributed by atoms with Gasteiger partial charge in [0, 0.05) is 29.6 Å². The van der Waals surface area contributed by atoms with Gasteiger partial charge in [0.05, 0.1) is 25.6 Å². The minimum absolute atomic E-state index is 0. The monoisotopic (exact) mass is 223 g/mol. The molecule has 0 aromatic heterocycles. The maximum Gasteiger partial charge on any atom is 0.267 e. The molecule has 0 spiro atoms. The SMILES string of the molecule is O=S(=O)(O)CCOCC(O)CO.[Na]. The maximum atomic E-state index is 10.1. The van der Waals surface area contributed by atoms with Crippen molar-refractivity contribution in [3.8, 4) is 0 Å². The van der Waals surface area contributed by atoms with Crippen LogP contribution in [-0.4, -0.2) is 84.4 Å². The summed E-state index contributed by atoms with van der Waals surface area (Å²) in [5.74, 6) is -0.509. The minimum Gasteiger partial charge on any atom is -0.394 e. The van der Waals surface area contributed by atoms with Gasteiger partial charge in [-0.15, -0.1) is 0 Å². The average molecular weight is 223 g/mol. The molecule has 0 bridgehead atoms. The van der Waals surface area contributed by atoms with Crippen molar-refractivity contribution >= 4 is 39.7 Å². The van der Waals surface area contributed by atoms with Gasteiger partial charge in [-0.25, -0.2) is 0 Å². The summed E-state index contributed by atoms with van der Waals surface area (Å²) in [7, 11) is -4.00. The predicted octanol–water partition coefficient (Wildman–Crippen LogP) is -2.14. The van der Waals surface area contributed by atoms with E-state index < -0.39 is 28.6 Å². The van der Waals surface area contributed by atoms with Crippen LogP contribution in [0.25, 0.3) is 0 Å². The fourth-order valence-corrected chi connectivity index (χ4v) is 0.765. The number of ether oxygens (including phenoxy) is 1. The summed E-state index contributed by atoms with van der Waals surface area (Å²) in [6, 6.07) is 0. The second kappa shape index (κ2) is 8.13. The van der Waals surface area contributed by atoms with Crippen molar-refractivity contribution in [3.05, 3.63) is 0 Å². The molecule has 1 unspecified atom stereocenters. The predicted molar refractivity (Wildman–Crippen MR) is 46.1 cm³/mol. The third-order valence-corrected chi connectivity index (χ3v) is 1.69. The summed E-state index contributed by atoms with van der Waals surface area (Å²) >= 11 is 0. The molecule has 0 aliphatic heterocycles. The Morgan fingerprint density at radius 2 is 1.92 bits per heavy atom. The summed E-state index contributed by atoms with van der Waals surface area (Å²) in [4.78, 5) is 0. The van der Waals surface area contributed by atoms with E-state index in [1.165, 1.54) is 0 Å². The fraction of sp³-hybridized carbons (Fsp3) is 1.00. The molecule has 0 fully saturated rings. The van der Waals surface area contributed by atoms with Crippen molar-refractivity contribution in [3.63, 3.8) is 0 Å². The van der Waals surface area contributed by atoms with Crippen molar-refractivity contribution in [1.29, 1.82) is 0 Å². The van der Waals surface area contributed by atoms with E-state index in [4.69, 9.17) is 14.8 Å². The number of aliphatic hydroxyl groups is 2. The van der Waals surface area contributed by atoms with Gasteiger partial charge in [-0.2, -0.15) is 8.42 Å². The van der Waals surface area contributed by atoms with Gasteiger partial charge >= 0.3 is 0 Å². The zero-order chi connectivity index (χ0) is 9.61. The molecule has 13 heavy (non-hydrogen) atoms. The Bertz CT molecular complexity index is 203. The maximum absolute atomic E-state index is 10.1. The van der Waals surface area contributed by atoms with Gasteiger partial charge in [0.25, 0.3) is 10.1 Å². The van der Waals surface area contributed by atoms with E-state index in [2.05, 4.69) is 4.74 Å². The summed E-state index contributed by atoms with van der Waals surface area (Å²) in [5.41, 5.74) is 0. The van der Waals surface area contributed by atoms with E-state index in [-0.39, 0.29) is 42.8 Å². The van der Waals surface area contributed by atoms with Crippen molar-refractivity contribution < 1.29 is 27.9 Å². The summed E-state index contributed by atoms with van der Waals surface area (Å²) in [6.45, 7) is -0.784. The van der Waals surface area contributed by atoms with E-state index >= 15 is 0 Å². The largest absolute Gasteiger partial charge is 0.394 e. The first-order chi connectivity index (χ1) is 5.45. The summed E-state index contributed by atoms with van der Waals surface area (Å²) in [5, 5.41) is 17.0. The van der Waals surface area contributed by atoms with E-state index in [1.807, 2.05) is 0 Å². The quantitative estimate of drug-likeness (QED) is 0.270. The molecule has 0 amide bonds. The van der Waals surface area contributed by atoms with Crippen molar-refractivity contribution in [2.75, 3.05) is 25.6 Å². The molecule has 0 aromatic rings. The second-order valence-electron chi connectivity index (χ2n) is 2.20. The molecule has 75 valence electrons. The summed E-state index contributed by atoms with van der Waals surface area (Å²) < 4.78 is 33.1. The van der Waals surface area contributed by atoms with E-state index in [0.717, 1.165) is 0 Å². The van der Waals surface area contributed by atoms with Crippen LogP contribution in [0, 0.1) is 0 Å². The third-order valence-electron chi connectivity index (χ3n) is 1.01. The van der Waals surface area contributed by atoms with Crippen LogP contribution in [0.1, 0.15) is 0 Å². The van der Waals surface area contributed by atoms with E-state index in [1.54, 1.807) is 0 Å². The first kappa shape index (κ1) is 16.2. The Morgan fingerprint density at radius 3 is 2.31 bits per heavy atom. The zero-order valence-corrected chi connectivity index (χ0v) is 10.2. The second-order valence-corrected chi connectivity index (χ2v) is 3.77. The third kappa shape index (κ3) is 12.8. The molecule has 0 aromatic carbocycles. The number of rotatable bonds is 6. The molecule has 0 heterocycles. The topological polar surface area (TPSA) is 104 Å². The smallest absolute Gasteiger partial charge is 0.267 e. The zero-order valence-electron chi connectivity index (χ0n) is 7.38. The van der Waals surface area contributed by atoms with Crippen LogP contribution < -0.4 is 0 Å². The Hall–Kier alpha value is 0.790. The molecule has 1 atom stereocenters. The molecule has 0 rings (SSSR count). The standard InChI is InChI=1S/C5H12O6S.Na/c6-3-5(7)4-11-1-2-12(8,9)10;/h5-7H,1-4H2,(H,8,9,10);. The van der Waals surface area contributed by atoms with Crippen molar-refractivity contribution in [2.45, 2.75) is 6.10 Å². The first-order valence-electron chi connectivity index (χ1n) is 3.27. The normalized spacial score (nSPS) is 13.5. The Morgan fingerprint density at radius 1 is 1.38 bits per heavy atom. The Kier molecular flexibility index (Phi) is 10.1. The molecule has 0 saturated heterocycles. The molecule has 0 saturated carbocycles. The first-order valence-corrected chi connectivity index (χ1v) is 4.88. The van der Waals surface area contributed by atoms with Crippen LogP contribution in [0.4, 0.5) is 0 Å². The van der Waals surface area contributed by atoms with Crippen LogP contribution in [0.5, 0.6) is 0 Å². The Balaban J connectivity index is 0. The molecule has 1 radical (unpaired) electrons. The van der Waals surface area contributed by atoms with Gasteiger partial charge in [-0.1, -0.05) is 0 Å². The molecule has 0 aliphatic rings. The van der Waals surface area contributed by atoms with Gasteiger partial charge in [0.2, 0.25) is 0 Å². The average Bonchev–Trinajstić information content (AvgIpc) is 1.96.